The maximum Gasteiger partial charge on any atom is 0.322 e. The molecule has 0 aliphatic rings. The van der Waals surface area contributed by atoms with Crippen LogP contribution >= 0.6 is 0 Å². The van der Waals surface area contributed by atoms with Crippen LogP contribution in [0.25, 0.3) is 0 Å². The Balaban J connectivity index is 2.86. The summed E-state index contributed by atoms with van der Waals surface area (Å²) in [5, 5.41) is 19.7. The van der Waals surface area contributed by atoms with Gasteiger partial charge in [0.2, 0.25) is 41.4 Å². The Hall–Kier alpha value is -5.07. The number of imidazole rings is 1. The number of H-pyrrole nitrogens is 1. The quantitative estimate of drug-likeness (QED) is 0.0793. The minimum Gasteiger partial charge on any atom is -0.480 e. The largest absolute Gasteiger partial charge is 0.480 e. The summed E-state index contributed by atoms with van der Waals surface area (Å²) in [5.74, 6) is -7.14. The van der Waals surface area contributed by atoms with E-state index in [-0.39, 0.29) is 19.3 Å². The first-order chi connectivity index (χ1) is 18.8. The number of amides is 7. The lowest BCUT2D eigenvalue weighted by atomic mass is 10.1. The van der Waals surface area contributed by atoms with Crippen LogP contribution in [0.2, 0.25) is 0 Å². The molecule has 0 aliphatic heterocycles. The molecule has 7 amide bonds. The minimum absolute atomic E-state index is 0.128. The molecule has 0 fully saturated rings. The third-order valence-electron chi connectivity index (χ3n) is 4.99. The second-order valence-electron chi connectivity index (χ2n) is 8.35. The number of aromatic nitrogens is 2. The molecule has 220 valence electrons. The lowest BCUT2D eigenvalue weighted by Crippen LogP contribution is -2.57. The minimum atomic E-state index is -1.38. The van der Waals surface area contributed by atoms with Crippen LogP contribution in [0, 0.1) is 0 Å². The van der Waals surface area contributed by atoms with Crippen LogP contribution in [0.1, 0.15) is 25.0 Å². The third-order valence-corrected chi connectivity index (χ3v) is 4.99. The average Bonchev–Trinajstić information content (AvgIpc) is 3.39. The number of carbonyl (C=O) groups is 8. The van der Waals surface area contributed by atoms with Crippen LogP contribution in [-0.2, 0) is 44.8 Å². The van der Waals surface area contributed by atoms with Gasteiger partial charge >= 0.3 is 5.97 Å². The van der Waals surface area contributed by atoms with E-state index in [1.54, 1.807) is 0 Å². The van der Waals surface area contributed by atoms with Crippen molar-refractivity contribution in [3.05, 3.63) is 18.2 Å². The topological polar surface area (TPSA) is 324 Å². The number of nitrogens with one attached hydrogen (secondary N) is 6. The number of carboxylic acids is 1. The zero-order valence-electron chi connectivity index (χ0n) is 21.2. The van der Waals surface area contributed by atoms with Crippen molar-refractivity contribution in [3.8, 4) is 0 Å². The van der Waals surface area contributed by atoms with Gasteiger partial charge in [-0.05, 0) is 6.42 Å². The number of nitrogens with zero attached hydrogens (tertiary/aromatic N) is 1. The van der Waals surface area contributed by atoms with Crippen LogP contribution in [-0.4, -0.2) is 100 Å². The SMILES string of the molecule is NC(=O)CC[C@H](NC(=O)[C@H](Cc1cnc[nH]1)NC(=O)[C@@H](N)CC(N)=O)C(=O)NCC(=O)NCC(=O)NCC(=O)O. The highest BCUT2D eigenvalue weighted by molar-refractivity contribution is 5.95. The maximum absolute atomic E-state index is 13.1. The fourth-order valence-corrected chi connectivity index (χ4v) is 3.01. The highest BCUT2D eigenvalue weighted by Gasteiger charge is 2.29. The van der Waals surface area contributed by atoms with Gasteiger partial charge in [0, 0.05) is 24.7 Å². The molecule has 0 saturated heterocycles. The van der Waals surface area contributed by atoms with Crippen LogP contribution in [0.5, 0.6) is 0 Å². The van der Waals surface area contributed by atoms with E-state index in [9.17, 15) is 38.4 Å². The number of aromatic amines is 1. The molecule has 19 heteroatoms. The first kappa shape index (κ1) is 33.0. The maximum atomic E-state index is 13.1. The molecule has 1 heterocycles. The number of nitrogens with two attached hydrogens (primary N) is 3. The molecule has 1 rings (SSSR count). The van der Waals surface area contributed by atoms with Crippen molar-refractivity contribution in [2.45, 2.75) is 43.8 Å². The van der Waals surface area contributed by atoms with Gasteiger partial charge < -0.3 is 53.9 Å². The number of primary amides is 2. The van der Waals surface area contributed by atoms with Crippen LogP contribution in [0.3, 0.4) is 0 Å². The molecular formula is C21H32N10O9. The van der Waals surface area contributed by atoms with Crippen molar-refractivity contribution in [1.29, 1.82) is 0 Å². The van der Waals surface area contributed by atoms with Crippen molar-refractivity contribution >= 4 is 47.3 Å². The lowest BCUT2D eigenvalue weighted by Gasteiger charge is -2.23. The van der Waals surface area contributed by atoms with E-state index in [1.807, 2.05) is 5.32 Å². The molecule has 0 unspecified atom stereocenters. The van der Waals surface area contributed by atoms with E-state index in [4.69, 9.17) is 22.3 Å². The number of hydrogen-bond donors (Lipinski definition) is 10. The monoisotopic (exact) mass is 568 g/mol. The first-order valence-corrected chi connectivity index (χ1v) is 11.7. The van der Waals surface area contributed by atoms with Crippen molar-refractivity contribution in [2.24, 2.45) is 17.2 Å². The fraction of sp³-hybridized carbons (Fsp3) is 0.476. The van der Waals surface area contributed by atoms with Crippen LogP contribution in [0.15, 0.2) is 12.5 Å². The third kappa shape index (κ3) is 13.5. The number of carbonyl (C=O) groups excluding carboxylic acids is 7. The molecule has 0 radical (unpaired) electrons. The molecule has 1 aromatic rings. The summed E-state index contributed by atoms with van der Waals surface area (Å²) in [5.41, 5.74) is 16.3. The van der Waals surface area contributed by atoms with Crippen molar-refractivity contribution in [2.75, 3.05) is 19.6 Å². The molecule has 0 aromatic carbocycles. The molecule has 13 N–H and O–H groups in total. The van der Waals surface area contributed by atoms with Crippen LogP contribution < -0.4 is 43.8 Å². The molecule has 1 aromatic heterocycles. The molecule has 0 aliphatic carbocycles. The normalized spacial score (nSPS) is 12.6. The number of rotatable bonds is 18. The van der Waals surface area contributed by atoms with Gasteiger partial charge in [-0.1, -0.05) is 0 Å². The summed E-state index contributed by atoms with van der Waals surface area (Å²) in [7, 11) is 0. The van der Waals surface area contributed by atoms with E-state index in [0.717, 1.165) is 0 Å². The Morgan fingerprint density at radius 2 is 1.43 bits per heavy atom. The van der Waals surface area contributed by atoms with Gasteiger partial charge in [-0.15, -0.1) is 0 Å². The first-order valence-electron chi connectivity index (χ1n) is 11.7. The Kier molecular flexibility index (Phi) is 13.8. The lowest BCUT2D eigenvalue weighted by molar-refractivity contribution is -0.138. The molecule has 3 atom stereocenters. The summed E-state index contributed by atoms with van der Waals surface area (Å²) < 4.78 is 0. The smallest absolute Gasteiger partial charge is 0.322 e. The Labute approximate surface area is 226 Å². The van der Waals surface area contributed by atoms with E-state index >= 15 is 0 Å². The summed E-state index contributed by atoms with van der Waals surface area (Å²) >= 11 is 0. The van der Waals surface area contributed by atoms with Crippen LogP contribution in [0.4, 0.5) is 0 Å². The van der Waals surface area contributed by atoms with Gasteiger partial charge in [-0.2, -0.15) is 0 Å². The fourth-order valence-electron chi connectivity index (χ4n) is 3.01. The van der Waals surface area contributed by atoms with Gasteiger partial charge in [0.15, 0.2) is 0 Å². The van der Waals surface area contributed by atoms with E-state index < -0.39 is 91.5 Å². The zero-order chi connectivity index (χ0) is 30.2. The Morgan fingerprint density at radius 1 is 0.825 bits per heavy atom. The predicted octanol–water partition coefficient (Wildman–Crippen LogP) is -6.18. The second kappa shape index (κ2) is 16.7. The van der Waals surface area contributed by atoms with Gasteiger partial charge in [0.05, 0.1) is 31.9 Å². The van der Waals surface area contributed by atoms with Crippen molar-refractivity contribution < 1.29 is 43.5 Å². The highest BCUT2D eigenvalue weighted by atomic mass is 16.4. The molecule has 40 heavy (non-hydrogen) atoms. The summed E-state index contributed by atoms with van der Waals surface area (Å²) in [6, 6.07) is -4.05. The van der Waals surface area contributed by atoms with Gasteiger partial charge in [0.25, 0.3) is 0 Å². The molecule has 0 bridgehead atoms. The van der Waals surface area contributed by atoms with Gasteiger partial charge in [-0.25, -0.2) is 4.98 Å². The summed E-state index contributed by atoms with van der Waals surface area (Å²) in [4.78, 5) is 101. The molecular weight excluding hydrogens is 536 g/mol. The average molecular weight is 569 g/mol. The van der Waals surface area contributed by atoms with E-state index in [0.29, 0.717) is 5.69 Å². The van der Waals surface area contributed by atoms with Gasteiger partial charge in [0.1, 0.15) is 18.6 Å². The highest BCUT2D eigenvalue weighted by Crippen LogP contribution is 2.04. The Bertz CT molecular complexity index is 1090. The second-order valence-corrected chi connectivity index (χ2v) is 8.35. The standard InChI is InChI=1S/C21H32N10O9/c22-11(4-15(24)33)19(38)31-13(3-10-5-25-9-29-10)21(40)30-12(1-2-14(23)32)20(39)28-7-17(35)26-6-16(34)27-8-18(36)37/h5,9,11-13H,1-4,6-8,22H2,(H2,23,32)(H2,24,33)(H,25,29)(H,26,35)(H,27,34)(H,28,39)(H,30,40)(H,31,38)(H,36,37)/t11-,12-,13-/m0/s1. The molecule has 0 spiro atoms. The number of hydrogen-bond acceptors (Lipinski definition) is 10. The molecule has 0 saturated carbocycles. The number of aliphatic carboxylic acids is 1. The summed E-state index contributed by atoms with van der Waals surface area (Å²) in [6.07, 6.45) is 1.50. The zero-order valence-corrected chi connectivity index (χ0v) is 21.2. The van der Waals surface area contributed by atoms with Gasteiger partial charge in [-0.3, -0.25) is 38.4 Å². The van der Waals surface area contributed by atoms with E-state index in [1.165, 1.54) is 12.5 Å². The van der Waals surface area contributed by atoms with E-state index in [2.05, 4.69) is 31.2 Å². The number of carboxylic acid groups (broad SMARTS) is 1. The predicted molar refractivity (Wildman–Crippen MR) is 133 cm³/mol. The van der Waals surface area contributed by atoms with Crippen molar-refractivity contribution in [1.82, 2.24) is 36.6 Å². The Morgan fingerprint density at radius 3 is 1.98 bits per heavy atom. The molecule has 19 nitrogen and oxygen atoms in total. The van der Waals surface area contributed by atoms with Crippen molar-refractivity contribution in [3.63, 3.8) is 0 Å². The summed E-state index contributed by atoms with van der Waals surface area (Å²) in [6.45, 7) is -1.84.